The molecule has 0 fully saturated rings. The third kappa shape index (κ3) is 12.0. The fourth-order valence-electron chi connectivity index (χ4n) is 3.72. The monoisotopic (exact) mass is 406 g/mol. The molecule has 1 aromatic rings. The molecule has 0 bridgehead atoms. The molecule has 0 unspecified atom stereocenters. The van der Waals surface area contributed by atoms with Crippen LogP contribution in [0.15, 0.2) is 30.3 Å². The van der Waals surface area contributed by atoms with E-state index in [4.69, 9.17) is 8.85 Å². The smallest absolute Gasteiger partial charge is 0.337 e. The maximum absolute atomic E-state index is 6.37. The molecule has 0 aliphatic rings. The molecule has 0 saturated carbocycles. The minimum Gasteiger partial charge on any atom is -0.394 e. The van der Waals surface area contributed by atoms with Crippen molar-refractivity contribution in [3.63, 3.8) is 0 Å². The van der Waals surface area contributed by atoms with Gasteiger partial charge in [0.15, 0.2) is 0 Å². The van der Waals surface area contributed by atoms with Crippen molar-refractivity contribution in [1.82, 2.24) is 0 Å². The Kier molecular flexibility index (Phi) is 15.6. The van der Waals surface area contributed by atoms with Crippen molar-refractivity contribution in [3.8, 4) is 0 Å². The molecular formula is C25H46O2Si. The Hall–Kier alpha value is -0.643. The SMILES string of the molecule is CCCCCCCCCCCCCO[Si](CC)(CC)OCCc1ccccc1. The van der Waals surface area contributed by atoms with Crippen molar-refractivity contribution >= 4 is 8.56 Å². The van der Waals surface area contributed by atoms with E-state index in [-0.39, 0.29) is 0 Å². The van der Waals surface area contributed by atoms with E-state index < -0.39 is 8.56 Å². The van der Waals surface area contributed by atoms with Gasteiger partial charge in [0.25, 0.3) is 0 Å². The first-order valence-corrected chi connectivity index (χ1v) is 14.3. The topological polar surface area (TPSA) is 18.5 Å². The maximum atomic E-state index is 6.37. The molecule has 0 aromatic heterocycles. The third-order valence-corrected chi connectivity index (χ3v) is 9.40. The summed E-state index contributed by atoms with van der Waals surface area (Å²) in [6.07, 6.45) is 16.1. The Labute approximate surface area is 176 Å². The van der Waals surface area contributed by atoms with Crippen molar-refractivity contribution in [3.05, 3.63) is 35.9 Å². The lowest BCUT2D eigenvalue weighted by Crippen LogP contribution is -2.41. The van der Waals surface area contributed by atoms with Gasteiger partial charge in [0, 0.05) is 13.2 Å². The van der Waals surface area contributed by atoms with Gasteiger partial charge in [-0.3, -0.25) is 0 Å². The van der Waals surface area contributed by atoms with Crippen LogP contribution in [0.2, 0.25) is 12.1 Å². The summed E-state index contributed by atoms with van der Waals surface area (Å²) in [6.45, 7) is 8.43. The highest BCUT2D eigenvalue weighted by Crippen LogP contribution is 2.20. The van der Waals surface area contributed by atoms with Gasteiger partial charge in [-0.05, 0) is 30.5 Å². The van der Waals surface area contributed by atoms with Crippen LogP contribution in [0.25, 0.3) is 0 Å². The van der Waals surface area contributed by atoms with E-state index in [0.717, 1.165) is 31.7 Å². The van der Waals surface area contributed by atoms with E-state index in [1.54, 1.807) is 0 Å². The molecule has 1 rings (SSSR count). The van der Waals surface area contributed by atoms with Crippen LogP contribution in [0.3, 0.4) is 0 Å². The third-order valence-electron chi connectivity index (χ3n) is 5.79. The standard InChI is InChI=1S/C25H46O2Si/c1-4-7-8-9-10-11-12-13-14-15-19-23-26-28(5-2,6-3)27-24-22-25-20-17-16-18-21-25/h16-18,20-21H,4-15,19,22-24H2,1-3H3. The number of rotatable bonds is 19. The van der Waals surface area contributed by atoms with Crippen LogP contribution in [0.5, 0.6) is 0 Å². The Morgan fingerprint density at radius 1 is 0.607 bits per heavy atom. The molecule has 0 aliphatic carbocycles. The largest absolute Gasteiger partial charge is 0.394 e. The Morgan fingerprint density at radius 2 is 1.11 bits per heavy atom. The van der Waals surface area contributed by atoms with Crippen LogP contribution in [0.4, 0.5) is 0 Å². The molecule has 1 aromatic carbocycles. The molecule has 2 nitrogen and oxygen atoms in total. The summed E-state index contributed by atoms with van der Waals surface area (Å²) in [6, 6.07) is 12.7. The van der Waals surface area contributed by atoms with Gasteiger partial charge in [0.2, 0.25) is 0 Å². The van der Waals surface area contributed by atoms with Crippen molar-refractivity contribution in [2.75, 3.05) is 13.2 Å². The summed E-state index contributed by atoms with van der Waals surface area (Å²) >= 11 is 0. The average Bonchev–Trinajstić information content (AvgIpc) is 2.74. The van der Waals surface area contributed by atoms with Gasteiger partial charge in [0.05, 0.1) is 0 Å². The van der Waals surface area contributed by atoms with Gasteiger partial charge < -0.3 is 8.85 Å². The molecule has 0 saturated heterocycles. The predicted octanol–water partition coefficient (Wildman–Crippen LogP) is 8.06. The Morgan fingerprint density at radius 3 is 1.64 bits per heavy atom. The molecule has 28 heavy (non-hydrogen) atoms. The van der Waals surface area contributed by atoms with Crippen LogP contribution >= 0.6 is 0 Å². The minimum atomic E-state index is -1.99. The summed E-state index contributed by atoms with van der Waals surface area (Å²) in [7, 11) is -1.99. The predicted molar refractivity (Wildman–Crippen MR) is 125 cm³/mol. The van der Waals surface area contributed by atoms with Crippen LogP contribution in [-0.4, -0.2) is 21.8 Å². The molecular weight excluding hydrogens is 360 g/mol. The molecule has 0 amide bonds. The Balaban J connectivity index is 2.06. The second kappa shape index (κ2) is 17.2. The van der Waals surface area contributed by atoms with Crippen LogP contribution in [0, 0.1) is 0 Å². The minimum absolute atomic E-state index is 0.788. The average molecular weight is 407 g/mol. The fraction of sp³-hybridized carbons (Fsp3) is 0.760. The zero-order valence-electron chi connectivity index (χ0n) is 19.0. The molecule has 0 radical (unpaired) electrons. The quantitative estimate of drug-likeness (QED) is 0.171. The maximum Gasteiger partial charge on any atom is 0.337 e. The molecule has 0 N–H and O–H groups in total. The normalized spacial score (nSPS) is 11.8. The van der Waals surface area contributed by atoms with Crippen molar-refractivity contribution in [2.24, 2.45) is 0 Å². The first kappa shape index (κ1) is 25.4. The van der Waals surface area contributed by atoms with Crippen LogP contribution in [-0.2, 0) is 15.3 Å². The molecule has 0 heterocycles. The number of unbranched alkanes of at least 4 members (excludes halogenated alkanes) is 10. The van der Waals surface area contributed by atoms with E-state index in [9.17, 15) is 0 Å². The first-order valence-electron chi connectivity index (χ1n) is 12.1. The number of hydrogen-bond acceptors (Lipinski definition) is 2. The lowest BCUT2D eigenvalue weighted by Gasteiger charge is -2.29. The molecule has 3 heteroatoms. The summed E-state index contributed by atoms with van der Waals surface area (Å²) in [5, 5.41) is 0. The summed E-state index contributed by atoms with van der Waals surface area (Å²) in [5.74, 6) is 0. The van der Waals surface area contributed by atoms with Crippen molar-refractivity contribution < 1.29 is 8.85 Å². The highest BCUT2D eigenvalue weighted by Gasteiger charge is 2.33. The molecule has 162 valence electrons. The van der Waals surface area contributed by atoms with Crippen molar-refractivity contribution in [2.45, 2.75) is 110 Å². The summed E-state index contributed by atoms with van der Waals surface area (Å²) < 4.78 is 12.7. The van der Waals surface area contributed by atoms with E-state index in [2.05, 4.69) is 51.1 Å². The second-order valence-electron chi connectivity index (χ2n) is 8.09. The first-order chi connectivity index (χ1) is 13.8. The van der Waals surface area contributed by atoms with Gasteiger partial charge >= 0.3 is 8.56 Å². The van der Waals surface area contributed by atoms with Gasteiger partial charge in [-0.15, -0.1) is 0 Å². The lowest BCUT2D eigenvalue weighted by molar-refractivity contribution is 0.167. The van der Waals surface area contributed by atoms with E-state index >= 15 is 0 Å². The summed E-state index contributed by atoms with van der Waals surface area (Å²) in [4.78, 5) is 0. The van der Waals surface area contributed by atoms with Gasteiger partial charge in [-0.2, -0.15) is 0 Å². The molecule has 0 atom stereocenters. The lowest BCUT2D eigenvalue weighted by atomic mass is 10.1. The van der Waals surface area contributed by atoms with E-state index in [1.165, 1.54) is 76.2 Å². The van der Waals surface area contributed by atoms with E-state index in [1.807, 2.05) is 0 Å². The zero-order valence-corrected chi connectivity index (χ0v) is 20.0. The molecule has 0 spiro atoms. The number of benzene rings is 1. The van der Waals surface area contributed by atoms with Crippen LogP contribution in [0.1, 0.15) is 97.0 Å². The highest BCUT2D eigenvalue weighted by atomic mass is 28.4. The number of hydrogen-bond donors (Lipinski definition) is 0. The fourth-order valence-corrected chi connectivity index (χ4v) is 6.11. The summed E-state index contributed by atoms with van der Waals surface area (Å²) in [5.41, 5.74) is 1.35. The van der Waals surface area contributed by atoms with Gasteiger partial charge in [-0.25, -0.2) is 0 Å². The van der Waals surface area contributed by atoms with E-state index in [0.29, 0.717) is 0 Å². The zero-order chi connectivity index (χ0) is 20.3. The van der Waals surface area contributed by atoms with Crippen LogP contribution < -0.4 is 0 Å². The Bertz CT molecular complexity index is 445. The van der Waals surface area contributed by atoms with Crippen molar-refractivity contribution in [1.29, 1.82) is 0 Å². The van der Waals surface area contributed by atoms with Gasteiger partial charge in [-0.1, -0.05) is 115 Å². The highest BCUT2D eigenvalue weighted by molar-refractivity contribution is 6.67. The second-order valence-corrected chi connectivity index (χ2v) is 11.9. The van der Waals surface area contributed by atoms with Gasteiger partial charge in [0.1, 0.15) is 0 Å². The molecule has 0 aliphatic heterocycles.